The van der Waals surface area contributed by atoms with Crippen LogP contribution in [-0.4, -0.2) is 23.1 Å². The predicted octanol–water partition coefficient (Wildman–Crippen LogP) is 4.23. The van der Waals surface area contributed by atoms with Crippen LogP contribution in [0.25, 0.3) is 11.3 Å². The Morgan fingerprint density at radius 3 is 2.44 bits per heavy atom. The van der Waals surface area contributed by atoms with Gasteiger partial charge in [0.25, 0.3) is 5.91 Å². The molecule has 1 heterocycles. The van der Waals surface area contributed by atoms with E-state index < -0.39 is 11.9 Å². The fraction of sp³-hybridized carbons (Fsp3) is 0.389. The summed E-state index contributed by atoms with van der Waals surface area (Å²) in [6, 6.07) is 4.65. The number of aryl methyl sites for hydroxylation is 1. The summed E-state index contributed by atoms with van der Waals surface area (Å²) in [6.07, 6.45) is 5.28. The number of nitrogens with one attached hydrogen (secondary N) is 3. The Morgan fingerprint density at radius 1 is 1.11 bits per heavy atom. The van der Waals surface area contributed by atoms with Crippen molar-refractivity contribution < 1.29 is 14.1 Å². The number of carbonyl (C=O) groups is 2. The van der Waals surface area contributed by atoms with E-state index in [1.165, 1.54) is 6.42 Å². The molecule has 0 aliphatic heterocycles. The second kappa shape index (κ2) is 8.63. The number of amides is 3. The molecular weight excluding hydrogens is 391 g/mol. The number of urea groups is 1. The third kappa shape index (κ3) is 4.54. The maximum Gasteiger partial charge on any atom is 0.333 e. The number of halogens is 2. The molecule has 144 valence electrons. The highest BCUT2D eigenvalue weighted by Crippen LogP contribution is 2.36. The van der Waals surface area contributed by atoms with E-state index in [0.29, 0.717) is 15.6 Å². The Balaban J connectivity index is 1.70. The molecule has 27 heavy (non-hydrogen) atoms. The molecule has 0 atom stereocenters. The van der Waals surface area contributed by atoms with E-state index in [-0.39, 0.29) is 23.1 Å². The molecule has 0 spiro atoms. The van der Waals surface area contributed by atoms with Gasteiger partial charge in [0.05, 0.1) is 10.0 Å². The van der Waals surface area contributed by atoms with E-state index in [4.69, 9.17) is 27.7 Å². The van der Waals surface area contributed by atoms with E-state index in [1.54, 1.807) is 25.1 Å². The number of aromatic nitrogens is 1. The van der Waals surface area contributed by atoms with Crippen LogP contribution in [-0.2, 0) is 0 Å². The molecular formula is C18H20Cl2N4O3. The number of hydrogen-bond donors (Lipinski definition) is 3. The first kappa shape index (κ1) is 19.5. The largest absolute Gasteiger partial charge is 0.360 e. The van der Waals surface area contributed by atoms with Gasteiger partial charge in [-0.05, 0) is 31.9 Å². The molecule has 3 N–H and O–H groups in total. The third-order valence-electron chi connectivity index (χ3n) is 4.52. The molecule has 1 saturated carbocycles. The zero-order chi connectivity index (χ0) is 19.4. The summed E-state index contributed by atoms with van der Waals surface area (Å²) in [4.78, 5) is 24.6. The molecule has 9 heteroatoms. The van der Waals surface area contributed by atoms with Gasteiger partial charge in [0.2, 0.25) is 0 Å². The minimum absolute atomic E-state index is 0.130. The highest BCUT2D eigenvalue weighted by Gasteiger charge is 2.25. The number of rotatable bonds is 3. The Hall–Kier alpha value is -2.25. The molecule has 1 aromatic carbocycles. The molecule has 0 bridgehead atoms. The van der Waals surface area contributed by atoms with E-state index in [1.807, 2.05) is 0 Å². The van der Waals surface area contributed by atoms with E-state index in [2.05, 4.69) is 21.3 Å². The molecule has 3 rings (SSSR count). The molecule has 1 fully saturated rings. The van der Waals surface area contributed by atoms with Crippen LogP contribution >= 0.6 is 23.2 Å². The fourth-order valence-corrected chi connectivity index (χ4v) is 3.76. The van der Waals surface area contributed by atoms with Crippen LogP contribution in [0.4, 0.5) is 4.79 Å². The van der Waals surface area contributed by atoms with E-state index in [0.717, 1.165) is 25.7 Å². The van der Waals surface area contributed by atoms with Gasteiger partial charge in [0.15, 0.2) is 0 Å². The first-order chi connectivity index (χ1) is 13.0. The van der Waals surface area contributed by atoms with Crippen LogP contribution in [0.3, 0.4) is 0 Å². The first-order valence-electron chi connectivity index (χ1n) is 8.75. The molecule has 7 nitrogen and oxygen atoms in total. The molecule has 1 aromatic heterocycles. The van der Waals surface area contributed by atoms with Crippen LogP contribution in [0, 0.1) is 6.92 Å². The van der Waals surface area contributed by atoms with Crippen LogP contribution in [0.1, 0.15) is 48.2 Å². The van der Waals surface area contributed by atoms with Crippen molar-refractivity contribution in [2.24, 2.45) is 0 Å². The number of benzene rings is 1. The van der Waals surface area contributed by atoms with E-state index in [9.17, 15) is 9.59 Å². The average molecular weight is 411 g/mol. The number of hydrazine groups is 1. The highest BCUT2D eigenvalue weighted by atomic mass is 35.5. The van der Waals surface area contributed by atoms with Crippen LogP contribution in [0.2, 0.25) is 10.0 Å². The van der Waals surface area contributed by atoms with Crippen molar-refractivity contribution in [3.05, 3.63) is 39.6 Å². The lowest BCUT2D eigenvalue weighted by Gasteiger charge is -2.22. The van der Waals surface area contributed by atoms with Crippen molar-refractivity contribution in [1.29, 1.82) is 0 Å². The van der Waals surface area contributed by atoms with Gasteiger partial charge >= 0.3 is 6.03 Å². The minimum atomic E-state index is -0.571. The van der Waals surface area contributed by atoms with Gasteiger partial charge in [-0.25, -0.2) is 10.2 Å². The van der Waals surface area contributed by atoms with Gasteiger partial charge < -0.3 is 9.84 Å². The third-order valence-corrected chi connectivity index (χ3v) is 5.15. The number of hydrogen-bond acceptors (Lipinski definition) is 4. The molecule has 1 aliphatic carbocycles. The van der Waals surface area contributed by atoms with Crippen molar-refractivity contribution in [1.82, 2.24) is 21.3 Å². The standard InChI is InChI=1S/C18H20Cl2N4O3/c1-10-14(16(24-27-10)15-12(19)8-5-9-13(15)20)17(25)22-23-18(26)21-11-6-3-2-4-7-11/h5,8-9,11H,2-4,6-7H2,1H3,(H,22,25)(H2,21,23,26). The maximum atomic E-state index is 12.6. The van der Waals surface area contributed by atoms with Gasteiger partial charge in [0.1, 0.15) is 17.0 Å². The maximum absolute atomic E-state index is 12.6. The minimum Gasteiger partial charge on any atom is -0.360 e. The molecule has 1 aliphatic rings. The highest BCUT2D eigenvalue weighted by molar-refractivity contribution is 6.39. The van der Waals surface area contributed by atoms with Crippen molar-refractivity contribution >= 4 is 35.1 Å². The molecule has 0 saturated heterocycles. The van der Waals surface area contributed by atoms with Crippen molar-refractivity contribution in [3.63, 3.8) is 0 Å². The summed E-state index contributed by atoms with van der Waals surface area (Å²) in [5, 5.41) is 7.45. The molecule has 2 aromatic rings. The van der Waals surface area contributed by atoms with Gasteiger partial charge in [-0.2, -0.15) is 0 Å². The Bertz CT molecular complexity index is 827. The normalized spacial score (nSPS) is 14.6. The van der Waals surface area contributed by atoms with Gasteiger partial charge in [-0.3, -0.25) is 10.2 Å². The second-order valence-electron chi connectivity index (χ2n) is 6.45. The topological polar surface area (TPSA) is 96.3 Å². The first-order valence-corrected chi connectivity index (χ1v) is 9.50. The van der Waals surface area contributed by atoms with Gasteiger partial charge in [-0.1, -0.05) is 53.7 Å². The zero-order valence-electron chi connectivity index (χ0n) is 14.8. The predicted molar refractivity (Wildman–Crippen MR) is 103 cm³/mol. The summed E-state index contributed by atoms with van der Waals surface area (Å²) in [5.41, 5.74) is 5.52. The quantitative estimate of drug-likeness (QED) is 0.659. The monoisotopic (exact) mass is 410 g/mol. The summed E-state index contributed by atoms with van der Waals surface area (Å²) in [6.45, 7) is 1.60. The van der Waals surface area contributed by atoms with Crippen molar-refractivity contribution in [3.8, 4) is 11.3 Å². The van der Waals surface area contributed by atoms with Crippen molar-refractivity contribution in [2.75, 3.05) is 0 Å². The van der Waals surface area contributed by atoms with Gasteiger partial charge in [-0.15, -0.1) is 0 Å². The Kier molecular flexibility index (Phi) is 6.23. The van der Waals surface area contributed by atoms with Crippen LogP contribution in [0.5, 0.6) is 0 Å². The lowest BCUT2D eigenvalue weighted by Crippen LogP contribution is -2.50. The van der Waals surface area contributed by atoms with Crippen LogP contribution in [0.15, 0.2) is 22.7 Å². The van der Waals surface area contributed by atoms with E-state index >= 15 is 0 Å². The average Bonchev–Trinajstić information content (AvgIpc) is 3.02. The Morgan fingerprint density at radius 2 is 1.78 bits per heavy atom. The lowest BCUT2D eigenvalue weighted by molar-refractivity contribution is 0.0934. The number of carbonyl (C=O) groups excluding carboxylic acids is 2. The fourth-order valence-electron chi connectivity index (χ4n) is 3.18. The summed E-state index contributed by atoms with van der Waals surface area (Å²) < 4.78 is 5.15. The molecule has 3 amide bonds. The molecule has 0 unspecified atom stereocenters. The zero-order valence-corrected chi connectivity index (χ0v) is 16.3. The van der Waals surface area contributed by atoms with Crippen LogP contribution < -0.4 is 16.2 Å². The SMILES string of the molecule is Cc1onc(-c2c(Cl)cccc2Cl)c1C(=O)NNC(=O)NC1CCCCC1. The smallest absolute Gasteiger partial charge is 0.333 e. The van der Waals surface area contributed by atoms with Crippen molar-refractivity contribution in [2.45, 2.75) is 45.1 Å². The van der Waals surface area contributed by atoms with Gasteiger partial charge in [0, 0.05) is 11.6 Å². The summed E-state index contributed by atoms with van der Waals surface area (Å²) in [5.74, 6) is -0.286. The molecule has 0 radical (unpaired) electrons. The Labute approximate surface area is 166 Å². The lowest BCUT2D eigenvalue weighted by atomic mass is 9.96. The summed E-state index contributed by atoms with van der Waals surface area (Å²) >= 11 is 12.4. The number of nitrogens with zero attached hydrogens (tertiary/aromatic N) is 1. The second-order valence-corrected chi connectivity index (χ2v) is 7.26. The summed E-state index contributed by atoms with van der Waals surface area (Å²) in [7, 11) is 0.